The number of hydrogen-bond donors (Lipinski definition) is 2. The summed E-state index contributed by atoms with van der Waals surface area (Å²) in [6.07, 6.45) is 5.21. The largest absolute Gasteiger partial charge is 0.382 e. The van der Waals surface area contributed by atoms with E-state index in [4.69, 9.17) is 5.73 Å². The highest BCUT2D eigenvalue weighted by atomic mass is 127. The minimum absolute atomic E-state index is 0.568. The maximum Gasteiger partial charge on any atom is 0.0343 e. The van der Waals surface area contributed by atoms with Crippen LogP contribution in [0.1, 0.15) is 25.7 Å². The lowest BCUT2D eigenvalue weighted by molar-refractivity contribution is 0.332. The van der Waals surface area contributed by atoms with Crippen LogP contribution in [0.25, 0.3) is 0 Å². The van der Waals surface area contributed by atoms with Crippen molar-refractivity contribution in [3.8, 4) is 0 Å². The minimum Gasteiger partial charge on any atom is -0.382 e. The molecule has 1 aromatic rings. The molecular weight excluding hydrogens is 311 g/mol. The summed E-state index contributed by atoms with van der Waals surface area (Å²) in [5, 5.41) is 3.63. The fraction of sp³-hybridized carbons (Fsp3) is 0.538. The van der Waals surface area contributed by atoms with E-state index in [-0.39, 0.29) is 0 Å². The van der Waals surface area contributed by atoms with Gasteiger partial charge in [0.1, 0.15) is 0 Å². The van der Waals surface area contributed by atoms with E-state index in [0.29, 0.717) is 12.0 Å². The van der Waals surface area contributed by atoms with Gasteiger partial charge in [-0.25, -0.2) is 0 Å². The van der Waals surface area contributed by atoms with E-state index in [1.807, 2.05) is 0 Å². The number of nitrogens with one attached hydrogen (secondary N) is 1. The van der Waals surface area contributed by atoms with Crippen molar-refractivity contribution in [2.45, 2.75) is 31.7 Å². The van der Waals surface area contributed by atoms with Gasteiger partial charge in [0.2, 0.25) is 0 Å². The highest BCUT2D eigenvalue weighted by Crippen LogP contribution is 2.26. The fourth-order valence-electron chi connectivity index (χ4n) is 2.44. The Hall–Kier alpha value is -0.290. The maximum absolute atomic E-state index is 5.83. The molecule has 1 aromatic carbocycles. The van der Waals surface area contributed by atoms with E-state index in [2.05, 4.69) is 52.2 Å². The van der Waals surface area contributed by atoms with Gasteiger partial charge in [-0.05, 0) is 72.2 Å². The van der Waals surface area contributed by atoms with Crippen molar-refractivity contribution in [3.63, 3.8) is 0 Å². The molecule has 0 spiro atoms. The Labute approximate surface area is 111 Å². The first-order valence-corrected chi connectivity index (χ1v) is 7.09. The van der Waals surface area contributed by atoms with E-state index in [9.17, 15) is 0 Å². The van der Waals surface area contributed by atoms with Gasteiger partial charge in [0.15, 0.2) is 0 Å². The van der Waals surface area contributed by atoms with Crippen molar-refractivity contribution in [1.29, 1.82) is 0 Å². The molecular formula is C13H19IN2. The van der Waals surface area contributed by atoms with Crippen molar-refractivity contribution in [1.82, 2.24) is 0 Å². The lowest BCUT2D eigenvalue weighted by atomic mass is 9.84. The Morgan fingerprint density at radius 3 is 2.56 bits per heavy atom. The molecule has 2 atom stereocenters. The van der Waals surface area contributed by atoms with Crippen LogP contribution >= 0.6 is 22.6 Å². The highest BCUT2D eigenvalue weighted by molar-refractivity contribution is 14.1. The molecule has 0 radical (unpaired) electrons. The van der Waals surface area contributed by atoms with Gasteiger partial charge < -0.3 is 11.1 Å². The highest BCUT2D eigenvalue weighted by Gasteiger charge is 2.23. The number of nitrogens with two attached hydrogens (primary N) is 1. The van der Waals surface area contributed by atoms with E-state index in [1.54, 1.807) is 0 Å². The number of benzene rings is 1. The predicted octanol–water partition coefficient (Wildman–Crippen LogP) is 3.22. The monoisotopic (exact) mass is 330 g/mol. The van der Waals surface area contributed by atoms with E-state index in [1.165, 1.54) is 34.9 Å². The van der Waals surface area contributed by atoms with Crippen LogP contribution < -0.4 is 11.1 Å². The Kier molecular flexibility index (Phi) is 4.46. The maximum atomic E-state index is 5.83. The zero-order chi connectivity index (χ0) is 11.4. The van der Waals surface area contributed by atoms with Crippen molar-refractivity contribution < 1.29 is 0 Å². The molecule has 1 saturated carbocycles. The molecule has 16 heavy (non-hydrogen) atoms. The summed E-state index contributed by atoms with van der Waals surface area (Å²) in [5.41, 5.74) is 7.06. The number of halogens is 1. The summed E-state index contributed by atoms with van der Waals surface area (Å²) in [4.78, 5) is 0. The molecule has 0 aliphatic heterocycles. The van der Waals surface area contributed by atoms with Gasteiger partial charge in [0, 0.05) is 15.3 Å². The molecule has 1 aliphatic carbocycles. The summed E-state index contributed by atoms with van der Waals surface area (Å²) in [5.74, 6) is 0.646. The second-order valence-corrected chi connectivity index (χ2v) is 5.78. The molecule has 0 heterocycles. The second-order valence-electron chi connectivity index (χ2n) is 4.54. The quantitative estimate of drug-likeness (QED) is 0.835. The van der Waals surface area contributed by atoms with E-state index >= 15 is 0 Å². The summed E-state index contributed by atoms with van der Waals surface area (Å²) in [6.45, 7) is 0.808. The smallest absolute Gasteiger partial charge is 0.0343 e. The van der Waals surface area contributed by atoms with Crippen LogP contribution in [0, 0.1) is 9.49 Å². The third-order valence-electron chi connectivity index (χ3n) is 3.41. The van der Waals surface area contributed by atoms with E-state index in [0.717, 1.165) is 6.54 Å². The number of anilines is 1. The summed E-state index contributed by atoms with van der Waals surface area (Å²) in [7, 11) is 0. The lowest BCUT2D eigenvalue weighted by Crippen LogP contribution is -2.36. The molecule has 3 heteroatoms. The normalized spacial score (nSPS) is 25.4. The average molecular weight is 330 g/mol. The van der Waals surface area contributed by atoms with Crippen LogP contribution in [0.3, 0.4) is 0 Å². The Morgan fingerprint density at radius 2 is 1.88 bits per heavy atom. The summed E-state index contributed by atoms with van der Waals surface area (Å²) in [6, 6.07) is 9.17. The first-order chi connectivity index (χ1) is 7.79. The molecule has 1 fully saturated rings. The topological polar surface area (TPSA) is 38.0 Å². The average Bonchev–Trinajstić information content (AvgIpc) is 2.33. The SMILES string of the molecule is NCC1CCCCC1Nc1ccc(I)cc1. The van der Waals surface area contributed by atoms with Crippen LogP contribution in [-0.2, 0) is 0 Å². The van der Waals surface area contributed by atoms with Gasteiger partial charge in [-0.1, -0.05) is 12.8 Å². The van der Waals surface area contributed by atoms with Crippen molar-refractivity contribution in [2.75, 3.05) is 11.9 Å². The van der Waals surface area contributed by atoms with Gasteiger partial charge in [0.05, 0.1) is 0 Å². The van der Waals surface area contributed by atoms with Crippen LogP contribution in [-0.4, -0.2) is 12.6 Å². The van der Waals surface area contributed by atoms with Gasteiger partial charge in [-0.15, -0.1) is 0 Å². The molecule has 2 nitrogen and oxygen atoms in total. The van der Waals surface area contributed by atoms with Crippen molar-refractivity contribution in [2.24, 2.45) is 11.7 Å². The zero-order valence-corrected chi connectivity index (χ0v) is 11.6. The first-order valence-electron chi connectivity index (χ1n) is 6.02. The summed E-state index contributed by atoms with van der Waals surface area (Å²) < 4.78 is 1.28. The standard InChI is InChI=1S/C13H19IN2/c14-11-5-7-12(8-6-11)16-13-4-2-1-3-10(13)9-15/h5-8,10,13,16H,1-4,9,15H2. The molecule has 0 aromatic heterocycles. The Balaban J connectivity index is 1.99. The van der Waals surface area contributed by atoms with Crippen LogP contribution in [0.4, 0.5) is 5.69 Å². The molecule has 0 bridgehead atoms. The molecule has 2 rings (SSSR count). The van der Waals surface area contributed by atoms with Gasteiger partial charge >= 0.3 is 0 Å². The third-order valence-corrected chi connectivity index (χ3v) is 4.13. The molecule has 88 valence electrons. The van der Waals surface area contributed by atoms with Gasteiger partial charge in [-0.3, -0.25) is 0 Å². The predicted molar refractivity (Wildman–Crippen MR) is 77.6 cm³/mol. The number of hydrogen-bond acceptors (Lipinski definition) is 2. The molecule has 1 aliphatic rings. The Morgan fingerprint density at radius 1 is 1.19 bits per heavy atom. The Bertz CT molecular complexity index is 323. The van der Waals surface area contributed by atoms with Gasteiger partial charge in [-0.2, -0.15) is 0 Å². The van der Waals surface area contributed by atoms with Crippen LogP contribution in [0.15, 0.2) is 24.3 Å². The fourth-order valence-corrected chi connectivity index (χ4v) is 2.80. The lowest BCUT2D eigenvalue weighted by Gasteiger charge is -2.32. The van der Waals surface area contributed by atoms with E-state index < -0.39 is 0 Å². The number of rotatable bonds is 3. The third kappa shape index (κ3) is 3.10. The van der Waals surface area contributed by atoms with Gasteiger partial charge in [0.25, 0.3) is 0 Å². The molecule has 0 saturated heterocycles. The van der Waals surface area contributed by atoms with Crippen LogP contribution in [0.2, 0.25) is 0 Å². The molecule has 2 unspecified atom stereocenters. The first kappa shape index (κ1) is 12.2. The van der Waals surface area contributed by atoms with Crippen LogP contribution in [0.5, 0.6) is 0 Å². The van der Waals surface area contributed by atoms with Crippen molar-refractivity contribution in [3.05, 3.63) is 27.8 Å². The molecule has 0 amide bonds. The second kappa shape index (κ2) is 5.87. The minimum atomic E-state index is 0.568. The summed E-state index contributed by atoms with van der Waals surface area (Å²) >= 11 is 2.33. The van der Waals surface area contributed by atoms with Crippen molar-refractivity contribution >= 4 is 28.3 Å². The zero-order valence-electron chi connectivity index (χ0n) is 9.45. The molecule has 3 N–H and O–H groups in total.